The molecule has 106 valence electrons. The zero-order chi connectivity index (χ0) is 15.1. The molecule has 0 saturated heterocycles. The van der Waals surface area contributed by atoms with E-state index < -0.39 is 11.8 Å². The van der Waals surface area contributed by atoms with E-state index in [0.717, 1.165) is 0 Å². The summed E-state index contributed by atoms with van der Waals surface area (Å²) >= 11 is 0. The molecule has 21 heavy (non-hydrogen) atoms. The van der Waals surface area contributed by atoms with E-state index in [9.17, 15) is 14.7 Å². The predicted octanol–water partition coefficient (Wildman–Crippen LogP) is 1.48. The maximum Gasteiger partial charge on any atom is 0.329 e. The van der Waals surface area contributed by atoms with Gasteiger partial charge in [-0.1, -0.05) is 30.3 Å². The Morgan fingerprint density at radius 2 is 1.62 bits per heavy atom. The molecule has 0 saturated carbocycles. The van der Waals surface area contributed by atoms with E-state index in [-0.39, 0.29) is 5.75 Å². The predicted molar refractivity (Wildman–Crippen MR) is 78.9 cm³/mol. The van der Waals surface area contributed by atoms with Crippen LogP contribution in [-0.2, 0) is 9.59 Å². The first-order valence-corrected chi connectivity index (χ1v) is 6.14. The second kappa shape index (κ2) is 6.85. The van der Waals surface area contributed by atoms with Crippen molar-refractivity contribution < 1.29 is 14.7 Å². The summed E-state index contributed by atoms with van der Waals surface area (Å²) in [5, 5.41) is 15.5. The number of nitrogens with zero attached hydrogens (tertiary/aromatic N) is 1. The first-order valence-electron chi connectivity index (χ1n) is 6.14. The number of carbonyl (C=O) groups is 2. The molecule has 6 heteroatoms. The van der Waals surface area contributed by atoms with E-state index in [1.165, 1.54) is 12.3 Å². The first-order chi connectivity index (χ1) is 10.2. The van der Waals surface area contributed by atoms with Gasteiger partial charge >= 0.3 is 11.8 Å². The van der Waals surface area contributed by atoms with Crippen LogP contribution in [-0.4, -0.2) is 23.1 Å². The normalized spacial score (nSPS) is 10.3. The van der Waals surface area contributed by atoms with Gasteiger partial charge in [-0.2, -0.15) is 5.10 Å². The first kappa shape index (κ1) is 14.3. The molecule has 6 nitrogen and oxygen atoms in total. The van der Waals surface area contributed by atoms with Gasteiger partial charge in [0.15, 0.2) is 0 Å². The number of nitrogens with one attached hydrogen (secondary N) is 2. The number of phenolic OH excluding ortho intramolecular Hbond substituents is 1. The molecular weight excluding hydrogens is 270 g/mol. The highest BCUT2D eigenvalue weighted by atomic mass is 16.3. The fraction of sp³-hybridized carbons (Fsp3) is 0. The Bertz CT molecular complexity index is 669. The Morgan fingerprint density at radius 3 is 2.33 bits per heavy atom. The number of aromatic hydroxyl groups is 1. The fourth-order valence-electron chi connectivity index (χ4n) is 1.52. The van der Waals surface area contributed by atoms with Gasteiger partial charge in [0, 0.05) is 11.3 Å². The third-order valence-electron chi connectivity index (χ3n) is 2.54. The third-order valence-corrected chi connectivity index (χ3v) is 2.54. The number of carbonyl (C=O) groups excluding carboxylic acids is 2. The number of hydrogen-bond donors (Lipinski definition) is 3. The van der Waals surface area contributed by atoms with Crippen LogP contribution in [0, 0.1) is 0 Å². The molecule has 3 N–H and O–H groups in total. The van der Waals surface area contributed by atoms with Crippen LogP contribution in [0.4, 0.5) is 5.69 Å². The van der Waals surface area contributed by atoms with Crippen LogP contribution >= 0.6 is 0 Å². The van der Waals surface area contributed by atoms with Crippen LogP contribution in [0.25, 0.3) is 0 Å². The zero-order valence-corrected chi connectivity index (χ0v) is 11.0. The van der Waals surface area contributed by atoms with Gasteiger partial charge in [-0.15, -0.1) is 0 Å². The van der Waals surface area contributed by atoms with E-state index in [1.54, 1.807) is 48.5 Å². The van der Waals surface area contributed by atoms with Crippen molar-refractivity contribution in [3.8, 4) is 5.75 Å². The van der Waals surface area contributed by atoms with Gasteiger partial charge in [-0.05, 0) is 24.3 Å². The van der Waals surface area contributed by atoms with Gasteiger partial charge in [-0.25, -0.2) is 5.43 Å². The van der Waals surface area contributed by atoms with Crippen LogP contribution in [0.15, 0.2) is 59.7 Å². The maximum atomic E-state index is 11.6. The molecule has 0 spiro atoms. The van der Waals surface area contributed by atoms with Crippen molar-refractivity contribution in [1.29, 1.82) is 0 Å². The van der Waals surface area contributed by atoms with Crippen molar-refractivity contribution in [3.05, 3.63) is 60.2 Å². The number of amides is 2. The highest BCUT2D eigenvalue weighted by molar-refractivity contribution is 6.39. The molecule has 0 atom stereocenters. The van der Waals surface area contributed by atoms with Crippen molar-refractivity contribution in [1.82, 2.24) is 5.43 Å². The monoisotopic (exact) mass is 283 g/mol. The van der Waals surface area contributed by atoms with Crippen molar-refractivity contribution in [2.24, 2.45) is 5.10 Å². The SMILES string of the molecule is O=C(NN=Cc1ccccc1O)C(=O)Nc1ccccc1. The van der Waals surface area contributed by atoms with Gasteiger partial charge in [0.05, 0.1) is 6.21 Å². The molecule has 0 aliphatic carbocycles. The lowest BCUT2D eigenvalue weighted by atomic mass is 10.2. The van der Waals surface area contributed by atoms with Crippen molar-refractivity contribution in [3.63, 3.8) is 0 Å². The number of hydrazone groups is 1. The molecule has 2 rings (SSSR count). The third kappa shape index (κ3) is 4.17. The number of benzene rings is 2. The minimum Gasteiger partial charge on any atom is -0.507 e. The lowest BCUT2D eigenvalue weighted by Gasteiger charge is -2.03. The van der Waals surface area contributed by atoms with E-state index in [2.05, 4.69) is 15.8 Å². The molecule has 0 aliphatic heterocycles. The Balaban J connectivity index is 1.90. The van der Waals surface area contributed by atoms with Gasteiger partial charge in [0.2, 0.25) is 0 Å². The fourth-order valence-corrected chi connectivity index (χ4v) is 1.52. The molecule has 0 aromatic heterocycles. The second-order valence-electron chi connectivity index (χ2n) is 4.08. The summed E-state index contributed by atoms with van der Waals surface area (Å²) in [6, 6.07) is 15.1. The van der Waals surface area contributed by atoms with Crippen LogP contribution < -0.4 is 10.7 Å². The van der Waals surface area contributed by atoms with Crippen molar-refractivity contribution in [2.75, 3.05) is 5.32 Å². The molecule has 0 fully saturated rings. The van der Waals surface area contributed by atoms with E-state index in [0.29, 0.717) is 11.3 Å². The highest BCUT2D eigenvalue weighted by Crippen LogP contribution is 2.12. The van der Waals surface area contributed by atoms with E-state index in [4.69, 9.17) is 0 Å². The lowest BCUT2D eigenvalue weighted by molar-refractivity contribution is -0.136. The average molecular weight is 283 g/mol. The number of phenols is 1. The summed E-state index contributed by atoms with van der Waals surface area (Å²) in [5.41, 5.74) is 3.03. The quantitative estimate of drug-likeness (QED) is 0.452. The van der Waals surface area contributed by atoms with Crippen LogP contribution in [0.3, 0.4) is 0 Å². The summed E-state index contributed by atoms with van der Waals surface area (Å²) in [4.78, 5) is 23.1. The van der Waals surface area contributed by atoms with Gasteiger partial charge in [0.25, 0.3) is 0 Å². The molecule has 2 aromatic carbocycles. The Morgan fingerprint density at radius 1 is 0.952 bits per heavy atom. The molecule has 0 heterocycles. The van der Waals surface area contributed by atoms with Gasteiger partial charge < -0.3 is 10.4 Å². The lowest BCUT2D eigenvalue weighted by Crippen LogP contribution is -2.32. The highest BCUT2D eigenvalue weighted by Gasteiger charge is 2.12. The Labute approximate surface area is 121 Å². The summed E-state index contributed by atoms with van der Waals surface area (Å²) in [7, 11) is 0. The average Bonchev–Trinajstić information content (AvgIpc) is 2.50. The molecule has 2 aromatic rings. The number of anilines is 1. The molecule has 0 bridgehead atoms. The van der Waals surface area contributed by atoms with Crippen molar-refractivity contribution >= 4 is 23.7 Å². The summed E-state index contributed by atoms with van der Waals surface area (Å²) in [6.07, 6.45) is 1.25. The minimum atomic E-state index is -0.898. The van der Waals surface area contributed by atoms with Crippen LogP contribution in [0.5, 0.6) is 5.75 Å². The smallest absolute Gasteiger partial charge is 0.329 e. The standard InChI is InChI=1S/C15H13N3O3/c19-13-9-5-4-6-11(13)10-16-18-15(21)14(20)17-12-7-2-1-3-8-12/h1-10,19H,(H,17,20)(H,18,21). The van der Waals surface area contributed by atoms with E-state index in [1.807, 2.05) is 0 Å². The van der Waals surface area contributed by atoms with Gasteiger partial charge in [0.1, 0.15) is 5.75 Å². The molecule has 0 aliphatic rings. The molecular formula is C15H13N3O3. The molecule has 0 radical (unpaired) electrons. The van der Waals surface area contributed by atoms with Gasteiger partial charge in [-0.3, -0.25) is 9.59 Å². The second-order valence-corrected chi connectivity index (χ2v) is 4.08. The van der Waals surface area contributed by atoms with Crippen molar-refractivity contribution in [2.45, 2.75) is 0 Å². The van der Waals surface area contributed by atoms with Crippen LogP contribution in [0.2, 0.25) is 0 Å². The zero-order valence-electron chi connectivity index (χ0n) is 11.0. The molecule has 0 unspecified atom stereocenters. The number of rotatable bonds is 3. The summed E-state index contributed by atoms with van der Waals surface area (Å²) in [5.74, 6) is -1.69. The number of para-hydroxylation sites is 2. The number of hydrogen-bond acceptors (Lipinski definition) is 4. The van der Waals surface area contributed by atoms with E-state index >= 15 is 0 Å². The Kier molecular flexibility index (Phi) is 4.66. The maximum absolute atomic E-state index is 11.6. The largest absolute Gasteiger partial charge is 0.507 e. The van der Waals surface area contributed by atoms with Crippen LogP contribution in [0.1, 0.15) is 5.56 Å². The topological polar surface area (TPSA) is 90.8 Å². The summed E-state index contributed by atoms with van der Waals surface area (Å²) < 4.78 is 0. The molecule has 2 amide bonds. The minimum absolute atomic E-state index is 0.0317. The summed E-state index contributed by atoms with van der Waals surface area (Å²) in [6.45, 7) is 0. The Hall–Kier alpha value is -3.15.